The molecule has 1 aromatic carbocycles. The minimum atomic E-state index is -0.878. The number of fused-ring (bicyclic) bond motifs is 1. The van der Waals surface area contributed by atoms with Crippen LogP contribution in [0, 0.1) is 17.8 Å². The van der Waals surface area contributed by atoms with Gasteiger partial charge in [0.05, 0.1) is 18.9 Å². The molecule has 1 fully saturated rings. The zero-order valence-electron chi connectivity index (χ0n) is 14.6. The SMILES string of the molecule is COC(=O)C1=COC(OC(=O)NC(=O)c2ccccc2)C2C(C)CCC12. The number of nitrogens with one attached hydrogen (secondary N) is 1. The molecule has 138 valence electrons. The van der Waals surface area contributed by atoms with Gasteiger partial charge in [-0.3, -0.25) is 10.1 Å². The maximum atomic E-state index is 12.1. The number of alkyl carbamates (subject to hydrolysis) is 1. The van der Waals surface area contributed by atoms with Gasteiger partial charge in [0, 0.05) is 17.4 Å². The molecule has 2 aliphatic rings. The second-order valence-corrected chi connectivity index (χ2v) is 6.53. The number of esters is 1. The van der Waals surface area contributed by atoms with Gasteiger partial charge in [0.1, 0.15) is 0 Å². The number of amides is 2. The third kappa shape index (κ3) is 3.56. The van der Waals surface area contributed by atoms with Crippen molar-refractivity contribution < 1.29 is 28.6 Å². The largest absolute Gasteiger partial charge is 0.466 e. The number of hydrogen-bond acceptors (Lipinski definition) is 6. The second-order valence-electron chi connectivity index (χ2n) is 6.53. The number of carbonyl (C=O) groups excluding carboxylic acids is 3. The molecule has 0 spiro atoms. The van der Waals surface area contributed by atoms with Gasteiger partial charge in [-0.1, -0.05) is 25.1 Å². The molecular formula is C19H21NO6. The molecule has 1 aliphatic carbocycles. The fraction of sp³-hybridized carbons (Fsp3) is 0.421. The van der Waals surface area contributed by atoms with Crippen LogP contribution in [-0.2, 0) is 19.0 Å². The molecule has 0 aromatic heterocycles. The quantitative estimate of drug-likeness (QED) is 0.834. The van der Waals surface area contributed by atoms with E-state index in [1.807, 2.05) is 6.92 Å². The van der Waals surface area contributed by atoms with Crippen LogP contribution in [-0.4, -0.2) is 31.4 Å². The van der Waals surface area contributed by atoms with Gasteiger partial charge in [-0.25, -0.2) is 9.59 Å². The van der Waals surface area contributed by atoms with Crippen molar-refractivity contribution >= 4 is 18.0 Å². The number of rotatable bonds is 3. The number of methoxy groups -OCH3 is 1. The number of carbonyl (C=O) groups is 3. The van der Waals surface area contributed by atoms with Gasteiger partial charge < -0.3 is 14.2 Å². The predicted molar refractivity (Wildman–Crippen MR) is 90.7 cm³/mol. The van der Waals surface area contributed by atoms with E-state index in [1.165, 1.54) is 13.4 Å². The summed E-state index contributed by atoms with van der Waals surface area (Å²) in [7, 11) is 1.32. The smallest absolute Gasteiger partial charge is 0.417 e. The van der Waals surface area contributed by atoms with Crippen LogP contribution in [0.2, 0.25) is 0 Å². The van der Waals surface area contributed by atoms with Crippen molar-refractivity contribution in [3.8, 4) is 0 Å². The van der Waals surface area contributed by atoms with Crippen molar-refractivity contribution in [2.45, 2.75) is 26.1 Å². The maximum Gasteiger partial charge on any atom is 0.417 e. The van der Waals surface area contributed by atoms with Gasteiger partial charge in [0.25, 0.3) is 5.91 Å². The van der Waals surface area contributed by atoms with Gasteiger partial charge in [-0.05, 0) is 30.9 Å². The van der Waals surface area contributed by atoms with Crippen LogP contribution in [0.5, 0.6) is 0 Å². The summed E-state index contributed by atoms with van der Waals surface area (Å²) < 4.78 is 15.6. The summed E-state index contributed by atoms with van der Waals surface area (Å²) in [5.41, 5.74) is 0.816. The van der Waals surface area contributed by atoms with Gasteiger partial charge in [-0.2, -0.15) is 0 Å². The fourth-order valence-electron chi connectivity index (χ4n) is 3.68. The van der Waals surface area contributed by atoms with Crippen molar-refractivity contribution in [3.05, 3.63) is 47.7 Å². The number of hydrogen-bond donors (Lipinski definition) is 1. The second kappa shape index (κ2) is 7.59. The van der Waals surface area contributed by atoms with Crippen LogP contribution in [0.3, 0.4) is 0 Å². The first-order valence-electron chi connectivity index (χ1n) is 8.52. The Hall–Kier alpha value is -2.83. The highest BCUT2D eigenvalue weighted by Crippen LogP contribution is 2.46. The van der Waals surface area contributed by atoms with Crippen molar-refractivity contribution in [2.24, 2.45) is 17.8 Å². The van der Waals surface area contributed by atoms with Gasteiger partial charge in [0.2, 0.25) is 6.29 Å². The Bertz CT molecular complexity index is 729. The summed E-state index contributed by atoms with van der Waals surface area (Å²) in [5.74, 6) is -1.03. The van der Waals surface area contributed by atoms with E-state index in [0.717, 1.165) is 12.8 Å². The number of ether oxygens (including phenoxy) is 3. The van der Waals surface area contributed by atoms with Crippen LogP contribution in [0.1, 0.15) is 30.1 Å². The molecule has 26 heavy (non-hydrogen) atoms. The first kappa shape index (κ1) is 18.0. The Labute approximate surface area is 151 Å². The van der Waals surface area contributed by atoms with Crippen molar-refractivity contribution in [1.29, 1.82) is 0 Å². The lowest BCUT2D eigenvalue weighted by molar-refractivity contribution is -0.144. The molecule has 0 saturated heterocycles. The zero-order valence-corrected chi connectivity index (χ0v) is 14.6. The molecule has 7 nitrogen and oxygen atoms in total. The third-order valence-corrected chi connectivity index (χ3v) is 4.99. The highest BCUT2D eigenvalue weighted by atomic mass is 16.7. The highest BCUT2D eigenvalue weighted by molar-refractivity contribution is 6.02. The minimum Gasteiger partial charge on any atom is -0.466 e. The lowest BCUT2D eigenvalue weighted by atomic mass is 9.83. The lowest BCUT2D eigenvalue weighted by Crippen LogP contribution is -2.42. The monoisotopic (exact) mass is 359 g/mol. The van der Waals surface area contributed by atoms with Crippen molar-refractivity contribution in [2.75, 3.05) is 7.11 Å². The first-order valence-corrected chi connectivity index (χ1v) is 8.52. The molecular weight excluding hydrogens is 338 g/mol. The number of imide groups is 1. The third-order valence-electron chi connectivity index (χ3n) is 4.99. The summed E-state index contributed by atoms with van der Waals surface area (Å²) in [4.78, 5) is 36.1. The van der Waals surface area contributed by atoms with Gasteiger partial charge >= 0.3 is 12.1 Å². The summed E-state index contributed by atoms with van der Waals surface area (Å²) in [6.45, 7) is 2.03. The average molecular weight is 359 g/mol. The molecule has 1 aliphatic heterocycles. The summed E-state index contributed by atoms with van der Waals surface area (Å²) in [6, 6.07) is 8.38. The molecule has 7 heteroatoms. The lowest BCUT2D eigenvalue weighted by Gasteiger charge is -2.34. The van der Waals surface area contributed by atoms with Crippen LogP contribution < -0.4 is 5.32 Å². The Balaban J connectivity index is 1.67. The van der Waals surface area contributed by atoms with E-state index in [1.54, 1.807) is 30.3 Å². The van der Waals surface area contributed by atoms with E-state index in [-0.39, 0.29) is 17.8 Å². The number of benzene rings is 1. The van der Waals surface area contributed by atoms with Crippen LogP contribution in [0.15, 0.2) is 42.2 Å². The Morgan fingerprint density at radius 2 is 1.88 bits per heavy atom. The molecule has 1 N–H and O–H groups in total. The summed E-state index contributed by atoms with van der Waals surface area (Å²) in [6.07, 6.45) is 1.26. The predicted octanol–water partition coefficient (Wildman–Crippen LogP) is 2.63. The van der Waals surface area contributed by atoms with Crippen LogP contribution in [0.4, 0.5) is 4.79 Å². The zero-order chi connectivity index (χ0) is 18.7. The molecule has 4 atom stereocenters. The standard InChI is InChI=1S/C19H21NO6/c1-11-8-9-13-14(17(22)24-2)10-25-18(15(11)13)26-19(23)20-16(21)12-6-4-3-5-7-12/h3-7,10-11,13,15,18H,8-9H2,1-2H3,(H,20,21,23). The Kier molecular flexibility index (Phi) is 5.25. The minimum absolute atomic E-state index is 0.0891. The summed E-state index contributed by atoms with van der Waals surface area (Å²) in [5, 5.41) is 2.19. The normalized spacial score (nSPS) is 26.8. The maximum absolute atomic E-state index is 12.1. The average Bonchev–Trinajstić information content (AvgIpc) is 3.04. The van der Waals surface area contributed by atoms with Crippen LogP contribution in [0.25, 0.3) is 0 Å². The van der Waals surface area contributed by atoms with E-state index < -0.39 is 24.3 Å². The van der Waals surface area contributed by atoms with E-state index in [4.69, 9.17) is 14.2 Å². The van der Waals surface area contributed by atoms with E-state index >= 15 is 0 Å². The van der Waals surface area contributed by atoms with E-state index in [9.17, 15) is 14.4 Å². The molecule has 0 bridgehead atoms. The van der Waals surface area contributed by atoms with Gasteiger partial charge in [-0.15, -0.1) is 0 Å². The molecule has 3 rings (SSSR count). The van der Waals surface area contributed by atoms with E-state index in [2.05, 4.69) is 5.32 Å². The highest BCUT2D eigenvalue weighted by Gasteiger charge is 2.48. The summed E-state index contributed by atoms with van der Waals surface area (Å²) >= 11 is 0. The molecule has 4 unspecified atom stereocenters. The molecule has 2 amide bonds. The first-order chi connectivity index (χ1) is 12.5. The Morgan fingerprint density at radius 1 is 1.15 bits per heavy atom. The Morgan fingerprint density at radius 3 is 2.58 bits per heavy atom. The molecule has 1 saturated carbocycles. The molecule has 1 aromatic rings. The molecule has 0 radical (unpaired) electrons. The van der Waals surface area contributed by atoms with Gasteiger partial charge in [0.15, 0.2) is 0 Å². The van der Waals surface area contributed by atoms with Crippen molar-refractivity contribution in [3.63, 3.8) is 0 Å². The van der Waals surface area contributed by atoms with Crippen molar-refractivity contribution in [1.82, 2.24) is 5.32 Å². The fourth-order valence-corrected chi connectivity index (χ4v) is 3.68. The molecule has 1 heterocycles. The topological polar surface area (TPSA) is 90.9 Å². The van der Waals surface area contributed by atoms with Crippen LogP contribution >= 0.6 is 0 Å². The van der Waals surface area contributed by atoms with E-state index in [0.29, 0.717) is 11.1 Å².